The van der Waals surface area contributed by atoms with E-state index in [2.05, 4.69) is 41.7 Å². The van der Waals surface area contributed by atoms with Crippen molar-refractivity contribution in [2.24, 2.45) is 0 Å². The Balaban J connectivity index is 0.00000208. The minimum atomic E-state index is -0.0328. The number of benzene rings is 1. The van der Waals surface area contributed by atoms with Crippen LogP contribution in [-0.2, 0) is 16.1 Å². The molecule has 1 aromatic heterocycles. The number of hydrogen-bond acceptors (Lipinski definition) is 5. The van der Waals surface area contributed by atoms with E-state index in [1.54, 1.807) is 0 Å². The fourth-order valence-corrected chi connectivity index (χ4v) is 2.60. The molecule has 9 heteroatoms. The second-order valence-electron chi connectivity index (χ2n) is 5.32. The van der Waals surface area contributed by atoms with Crippen molar-refractivity contribution in [2.75, 3.05) is 19.8 Å². The van der Waals surface area contributed by atoms with Gasteiger partial charge in [0.15, 0.2) is 5.82 Å². The van der Waals surface area contributed by atoms with Gasteiger partial charge in [-0.1, -0.05) is 28.1 Å². The average Bonchev–Trinajstić information content (AvgIpc) is 3.04. The lowest BCUT2D eigenvalue weighted by atomic mass is 10.2. The molecular weight excluding hydrogens is 398 g/mol. The van der Waals surface area contributed by atoms with Crippen LogP contribution in [0.2, 0.25) is 0 Å². The van der Waals surface area contributed by atoms with Crippen molar-refractivity contribution in [1.82, 2.24) is 25.8 Å². The summed E-state index contributed by atoms with van der Waals surface area (Å²) in [6.07, 6.45) is 0.397. The highest BCUT2D eigenvalue weighted by molar-refractivity contribution is 9.10. The van der Waals surface area contributed by atoms with Crippen LogP contribution in [0.25, 0.3) is 11.4 Å². The Morgan fingerprint density at radius 2 is 2.17 bits per heavy atom. The molecule has 2 heterocycles. The van der Waals surface area contributed by atoms with Gasteiger partial charge in [-0.05, 0) is 12.1 Å². The standard InChI is InChI=1S/C15H18BrN5O2.ClH/c16-11-3-1-10(2-4-11)15-19-13(20-21-15)8-18-14(22)7-12-9-23-6-5-17-12;/h1-4,12,17H,5-9H2,(H,18,22)(H,19,20,21);1H. The Bertz CT molecular complexity index is 658. The van der Waals surface area contributed by atoms with Crippen LogP contribution < -0.4 is 10.6 Å². The SMILES string of the molecule is Cl.O=C(CC1COCCN1)NCc1nc(-c2ccc(Br)cc2)n[nH]1. The van der Waals surface area contributed by atoms with Crippen LogP contribution in [0.5, 0.6) is 0 Å². The molecule has 0 saturated carbocycles. The molecule has 0 aliphatic carbocycles. The molecule has 1 aliphatic heterocycles. The first-order valence-electron chi connectivity index (χ1n) is 7.46. The predicted molar refractivity (Wildman–Crippen MR) is 95.8 cm³/mol. The lowest BCUT2D eigenvalue weighted by Crippen LogP contribution is -2.44. The van der Waals surface area contributed by atoms with Gasteiger partial charge in [-0.25, -0.2) is 4.98 Å². The van der Waals surface area contributed by atoms with Crippen LogP contribution in [0.3, 0.4) is 0 Å². The second-order valence-corrected chi connectivity index (χ2v) is 6.24. The third-order valence-electron chi connectivity index (χ3n) is 3.52. The number of carbonyl (C=O) groups excluding carboxylic acids is 1. The zero-order chi connectivity index (χ0) is 16.1. The van der Waals surface area contributed by atoms with Crippen LogP contribution in [0.1, 0.15) is 12.2 Å². The van der Waals surface area contributed by atoms with Crippen molar-refractivity contribution in [3.05, 3.63) is 34.6 Å². The molecule has 1 amide bonds. The van der Waals surface area contributed by atoms with Gasteiger partial charge < -0.3 is 15.4 Å². The molecule has 0 bridgehead atoms. The molecule has 130 valence electrons. The largest absolute Gasteiger partial charge is 0.378 e. The molecule has 1 aromatic carbocycles. The summed E-state index contributed by atoms with van der Waals surface area (Å²) >= 11 is 3.39. The van der Waals surface area contributed by atoms with Crippen molar-refractivity contribution < 1.29 is 9.53 Å². The minimum absolute atomic E-state index is 0. The molecule has 3 N–H and O–H groups in total. The van der Waals surface area contributed by atoms with Crippen LogP contribution in [-0.4, -0.2) is 46.9 Å². The summed E-state index contributed by atoms with van der Waals surface area (Å²) < 4.78 is 6.34. The fourth-order valence-electron chi connectivity index (χ4n) is 2.33. The van der Waals surface area contributed by atoms with Gasteiger partial charge in [0, 0.05) is 29.0 Å². The Morgan fingerprint density at radius 3 is 2.88 bits per heavy atom. The summed E-state index contributed by atoms with van der Waals surface area (Å²) in [5, 5.41) is 13.1. The molecule has 0 radical (unpaired) electrons. The molecule has 1 fully saturated rings. The van der Waals surface area contributed by atoms with E-state index in [-0.39, 0.29) is 24.4 Å². The molecule has 24 heavy (non-hydrogen) atoms. The number of halogens is 2. The molecule has 1 atom stereocenters. The summed E-state index contributed by atoms with van der Waals surface area (Å²) in [7, 11) is 0. The van der Waals surface area contributed by atoms with E-state index >= 15 is 0 Å². The van der Waals surface area contributed by atoms with Gasteiger partial charge in [0.25, 0.3) is 0 Å². The van der Waals surface area contributed by atoms with Gasteiger partial charge in [0.2, 0.25) is 5.91 Å². The summed E-state index contributed by atoms with van der Waals surface area (Å²) in [6, 6.07) is 7.82. The van der Waals surface area contributed by atoms with E-state index in [9.17, 15) is 4.79 Å². The predicted octanol–water partition coefficient (Wildman–Crippen LogP) is 1.65. The zero-order valence-electron chi connectivity index (χ0n) is 12.9. The Kier molecular flexibility index (Phi) is 7.16. The number of H-pyrrole nitrogens is 1. The van der Waals surface area contributed by atoms with Gasteiger partial charge in [0.05, 0.1) is 19.8 Å². The highest BCUT2D eigenvalue weighted by Gasteiger charge is 2.17. The van der Waals surface area contributed by atoms with Gasteiger partial charge in [0.1, 0.15) is 5.82 Å². The Hall–Kier alpha value is -1.48. The summed E-state index contributed by atoms with van der Waals surface area (Å²) in [5.41, 5.74) is 0.922. The summed E-state index contributed by atoms with van der Waals surface area (Å²) in [5.74, 6) is 1.21. The van der Waals surface area contributed by atoms with E-state index in [0.29, 0.717) is 37.8 Å². The molecular formula is C15H19BrClN5O2. The maximum absolute atomic E-state index is 11.9. The van der Waals surface area contributed by atoms with E-state index in [0.717, 1.165) is 16.6 Å². The quantitative estimate of drug-likeness (QED) is 0.689. The number of aromatic amines is 1. The van der Waals surface area contributed by atoms with Crippen molar-refractivity contribution in [3.63, 3.8) is 0 Å². The number of aromatic nitrogens is 3. The van der Waals surface area contributed by atoms with Gasteiger partial charge in [-0.15, -0.1) is 12.4 Å². The molecule has 1 aliphatic rings. The number of nitrogens with zero attached hydrogens (tertiary/aromatic N) is 2. The van der Waals surface area contributed by atoms with E-state index < -0.39 is 0 Å². The van der Waals surface area contributed by atoms with Crippen molar-refractivity contribution >= 4 is 34.2 Å². The fraction of sp³-hybridized carbons (Fsp3) is 0.400. The number of morpholine rings is 1. The molecule has 2 aromatic rings. The van der Waals surface area contributed by atoms with Crippen LogP contribution in [0, 0.1) is 0 Å². The Morgan fingerprint density at radius 1 is 1.38 bits per heavy atom. The van der Waals surface area contributed by atoms with Crippen LogP contribution >= 0.6 is 28.3 Å². The van der Waals surface area contributed by atoms with Crippen molar-refractivity contribution in [3.8, 4) is 11.4 Å². The number of rotatable bonds is 5. The van der Waals surface area contributed by atoms with Gasteiger partial charge >= 0.3 is 0 Å². The third-order valence-corrected chi connectivity index (χ3v) is 4.05. The maximum Gasteiger partial charge on any atom is 0.222 e. The topological polar surface area (TPSA) is 91.9 Å². The highest BCUT2D eigenvalue weighted by Crippen LogP contribution is 2.18. The number of ether oxygens (including phenoxy) is 1. The summed E-state index contributed by atoms with van der Waals surface area (Å²) in [6.45, 7) is 2.39. The first-order chi connectivity index (χ1) is 11.2. The molecule has 7 nitrogen and oxygen atoms in total. The van der Waals surface area contributed by atoms with Crippen molar-refractivity contribution in [2.45, 2.75) is 19.0 Å². The van der Waals surface area contributed by atoms with Gasteiger partial charge in [-0.2, -0.15) is 5.10 Å². The minimum Gasteiger partial charge on any atom is -0.378 e. The molecule has 3 rings (SSSR count). The number of nitrogens with one attached hydrogen (secondary N) is 3. The zero-order valence-corrected chi connectivity index (χ0v) is 15.3. The third kappa shape index (κ3) is 5.27. The van der Waals surface area contributed by atoms with E-state index in [1.807, 2.05) is 24.3 Å². The Labute approximate surface area is 154 Å². The first-order valence-corrected chi connectivity index (χ1v) is 8.25. The van der Waals surface area contributed by atoms with Crippen LogP contribution in [0.15, 0.2) is 28.7 Å². The lowest BCUT2D eigenvalue weighted by molar-refractivity contribution is -0.122. The number of carbonyl (C=O) groups is 1. The monoisotopic (exact) mass is 415 g/mol. The highest BCUT2D eigenvalue weighted by atomic mass is 79.9. The average molecular weight is 417 g/mol. The molecule has 0 spiro atoms. The van der Waals surface area contributed by atoms with E-state index in [4.69, 9.17) is 4.74 Å². The molecule has 1 saturated heterocycles. The smallest absolute Gasteiger partial charge is 0.222 e. The van der Waals surface area contributed by atoms with Crippen LogP contribution in [0.4, 0.5) is 0 Å². The first kappa shape index (κ1) is 18.9. The normalized spacial score (nSPS) is 17.1. The van der Waals surface area contributed by atoms with Gasteiger partial charge in [-0.3, -0.25) is 9.89 Å². The maximum atomic E-state index is 11.9. The van der Waals surface area contributed by atoms with Crippen molar-refractivity contribution in [1.29, 1.82) is 0 Å². The summed E-state index contributed by atoms with van der Waals surface area (Å²) in [4.78, 5) is 16.3. The number of amides is 1. The number of hydrogen-bond donors (Lipinski definition) is 3. The lowest BCUT2D eigenvalue weighted by Gasteiger charge is -2.23. The van der Waals surface area contributed by atoms with E-state index in [1.165, 1.54) is 0 Å². The molecule has 1 unspecified atom stereocenters. The second kappa shape index (κ2) is 9.12.